The van der Waals surface area contributed by atoms with Gasteiger partial charge in [-0.3, -0.25) is 0 Å². The number of rotatable bonds is 5. The Labute approximate surface area is 120 Å². The first-order valence-electron chi connectivity index (χ1n) is 6.62. The van der Waals surface area contributed by atoms with E-state index in [4.69, 9.17) is 9.26 Å². The molecule has 2 aromatic heterocycles. The molecule has 0 saturated heterocycles. The Morgan fingerprint density at radius 3 is 3.14 bits per heavy atom. The van der Waals surface area contributed by atoms with E-state index in [9.17, 15) is 4.79 Å². The minimum absolute atomic E-state index is 0.175. The highest BCUT2D eigenvalue weighted by Crippen LogP contribution is 2.38. The summed E-state index contributed by atoms with van der Waals surface area (Å²) in [6.07, 6.45) is 3.79. The van der Waals surface area contributed by atoms with Crippen LogP contribution in [0.1, 0.15) is 30.5 Å². The molecule has 2 amide bonds. The van der Waals surface area contributed by atoms with Gasteiger partial charge in [0.2, 0.25) is 11.8 Å². The van der Waals surface area contributed by atoms with Crippen molar-refractivity contribution >= 4 is 11.7 Å². The highest BCUT2D eigenvalue weighted by atomic mass is 16.5. The third-order valence-corrected chi connectivity index (χ3v) is 3.04. The average Bonchev–Trinajstić information content (AvgIpc) is 3.25. The van der Waals surface area contributed by atoms with E-state index in [1.54, 1.807) is 18.3 Å². The van der Waals surface area contributed by atoms with Crippen molar-refractivity contribution < 1.29 is 14.1 Å². The van der Waals surface area contributed by atoms with E-state index in [0.29, 0.717) is 23.4 Å². The summed E-state index contributed by atoms with van der Waals surface area (Å²) in [6.45, 7) is 0.175. The molecule has 0 atom stereocenters. The van der Waals surface area contributed by atoms with Crippen molar-refractivity contribution in [2.45, 2.75) is 25.3 Å². The number of nitrogens with one attached hydrogen (secondary N) is 2. The summed E-state index contributed by atoms with van der Waals surface area (Å²) in [5.41, 5.74) is 0.488. The summed E-state index contributed by atoms with van der Waals surface area (Å²) in [7, 11) is 1.49. The molecule has 0 spiro atoms. The summed E-state index contributed by atoms with van der Waals surface area (Å²) in [5.74, 6) is 1.89. The number of anilines is 1. The van der Waals surface area contributed by atoms with Gasteiger partial charge in [-0.1, -0.05) is 5.16 Å². The zero-order valence-electron chi connectivity index (χ0n) is 11.5. The molecule has 8 heteroatoms. The first kappa shape index (κ1) is 13.3. The number of amides is 2. The third-order valence-electron chi connectivity index (χ3n) is 3.04. The van der Waals surface area contributed by atoms with Crippen LogP contribution in [-0.2, 0) is 6.54 Å². The Kier molecular flexibility index (Phi) is 3.67. The molecule has 110 valence electrons. The quantitative estimate of drug-likeness (QED) is 0.868. The summed E-state index contributed by atoms with van der Waals surface area (Å²) in [6, 6.07) is 3.01. The Morgan fingerprint density at radius 1 is 1.52 bits per heavy atom. The normalized spacial score (nSPS) is 13.8. The van der Waals surface area contributed by atoms with Gasteiger partial charge in [-0.2, -0.15) is 4.98 Å². The lowest BCUT2D eigenvalue weighted by molar-refractivity contribution is 0.249. The summed E-state index contributed by atoms with van der Waals surface area (Å²) in [5, 5.41) is 9.17. The van der Waals surface area contributed by atoms with Gasteiger partial charge in [0.05, 0.1) is 13.7 Å². The molecule has 2 aromatic rings. The predicted molar refractivity (Wildman–Crippen MR) is 72.9 cm³/mol. The van der Waals surface area contributed by atoms with Crippen LogP contribution < -0.4 is 15.4 Å². The number of hydrogen-bond acceptors (Lipinski definition) is 6. The van der Waals surface area contributed by atoms with Crippen LogP contribution in [0.2, 0.25) is 0 Å². The Morgan fingerprint density at radius 2 is 2.38 bits per heavy atom. The summed E-state index contributed by atoms with van der Waals surface area (Å²) in [4.78, 5) is 20.0. The molecule has 1 aliphatic rings. The van der Waals surface area contributed by atoms with E-state index in [2.05, 4.69) is 25.8 Å². The first-order chi connectivity index (χ1) is 10.3. The average molecular weight is 289 g/mol. The lowest BCUT2D eigenvalue weighted by Crippen LogP contribution is -2.28. The Hall–Kier alpha value is -2.64. The van der Waals surface area contributed by atoms with Gasteiger partial charge >= 0.3 is 6.03 Å². The van der Waals surface area contributed by atoms with Crippen molar-refractivity contribution in [2.75, 3.05) is 12.4 Å². The molecule has 1 aliphatic carbocycles. The monoisotopic (exact) mass is 289 g/mol. The number of carbonyl (C=O) groups is 1. The number of carbonyl (C=O) groups excluding carboxylic acids is 1. The third kappa shape index (κ3) is 3.28. The second-order valence-corrected chi connectivity index (χ2v) is 4.69. The molecule has 0 unspecified atom stereocenters. The minimum Gasteiger partial charge on any atom is -0.480 e. The number of methoxy groups -OCH3 is 1. The van der Waals surface area contributed by atoms with Crippen LogP contribution in [0.25, 0.3) is 0 Å². The van der Waals surface area contributed by atoms with Crippen LogP contribution in [-0.4, -0.2) is 28.3 Å². The maximum atomic E-state index is 11.8. The van der Waals surface area contributed by atoms with Crippen LogP contribution in [0.15, 0.2) is 22.9 Å². The fourth-order valence-electron chi connectivity index (χ4n) is 1.82. The SMILES string of the molecule is COc1ncccc1NC(=O)NCc1nc(C2CC2)no1. The highest BCUT2D eigenvalue weighted by Gasteiger charge is 2.28. The van der Waals surface area contributed by atoms with Crippen LogP contribution in [0.4, 0.5) is 10.5 Å². The molecule has 2 heterocycles. The molecular weight excluding hydrogens is 274 g/mol. The molecule has 1 fully saturated rings. The first-order valence-corrected chi connectivity index (χ1v) is 6.62. The maximum Gasteiger partial charge on any atom is 0.319 e. The van der Waals surface area contributed by atoms with Crippen molar-refractivity contribution in [3.63, 3.8) is 0 Å². The van der Waals surface area contributed by atoms with Crippen LogP contribution in [0.5, 0.6) is 5.88 Å². The van der Waals surface area contributed by atoms with Gasteiger partial charge in [0.15, 0.2) is 5.82 Å². The molecule has 0 aromatic carbocycles. The molecule has 0 radical (unpaired) electrons. The lowest BCUT2D eigenvalue weighted by Gasteiger charge is -2.08. The van der Waals surface area contributed by atoms with E-state index in [-0.39, 0.29) is 6.54 Å². The number of ether oxygens (including phenoxy) is 1. The van der Waals surface area contributed by atoms with Gasteiger partial charge < -0.3 is 19.9 Å². The zero-order chi connectivity index (χ0) is 14.7. The van der Waals surface area contributed by atoms with Gasteiger partial charge in [-0.25, -0.2) is 9.78 Å². The number of aromatic nitrogens is 3. The van der Waals surface area contributed by atoms with Gasteiger partial charge in [-0.15, -0.1) is 0 Å². The second-order valence-electron chi connectivity index (χ2n) is 4.69. The molecule has 3 rings (SSSR count). The summed E-state index contributed by atoms with van der Waals surface area (Å²) >= 11 is 0. The number of urea groups is 1. The molecule has 8 nitrogen and oxygen atoms in total. The Bertz CT molecular complexity index is 638. The minimum atomic E-state index is -0.396. The maximum absolute atomic E-state index is 11.8. The van der Waals surface area contributed by atoms with Crippen molar-refractivity contribution in [3.05, 3.63) is 30.0 Å². The Balaban J connectivity index is 1.53. The van der Waals surface area contributed by atoms with Crippen LogP contribution >= 0.6 is 0 Å². The van der Waals surface area contributed by atoms with Crippen LogP contribution in [0, 0.1) is 0 Å². The second kappa shape index (κ2) is 5.78. The molecular formula is C13H15N5O3. The van der Waals surface area contributed by atoms with E-state index >= 15 is 0 Å². The van der Waals surface area contributed by atoms with Crippen molar-refractivity contribution in [3.8, 4) is 5.88 Å². The topological polar surface area (TPSA) is 102 Å². The fraction of sp³-hybridized carbons (Fsp3) is 0.385. The van der Waals surface area contributed by atoms with Gasteiger partial charge in [-0.05, 0) is 25.0 Å². The number of hydrogen-bond donors (Lipinski definition) is 2. The fourth-order valence-corrected chi connectivity index (χ4v) is 1.82. The zero-order valence-corrected chi connectivity index (χ0v) is 11.5. The van der Waals surface area contributed by atoms with Gasteiger partial charge in [0, 0.05) is 12.1 Å². The van der Waals surface area contributed by atoms with Crippen molar-refractivity contribution in [1.29, 1.82) is 0 Å². The molecule has 2 N–H and O–H groups in total. The smallest absolute Gasteiger partial charge is 0.319 e. The van der Waals surface area contributed by atoms with Gasteiger partial charge in [0.25, 0.3) is 0 Å². The molecule has 21 heavy (non-hydrogen) atoms. The summed E-state index contributed by atoms with van der Waals surface area (Å²) < 4.78 is 10.1. The van der Waals surface area contributed by atoms with E-state index < -0.39 is 6.03 Å². The molecule has 1 saturated carbocycles. The standard InChI is InChI=1S/C13H15N5O3/c1-20-12-9(3-2-6-14-12)16-13(19)15-7-10-17-11(18-21-10)8-4-5-8/h2-3,6,8H,4-5,7H2,1H3,(H2,15,16,19). The predicted octanol–water partition coefficient (Wildman–Crippen LogP) is 1.67. The number of pyridine rings is 1. The van der Waals surface area contributed by atoms with Crippen molar-refractivity contribution in [1.82, 2.24) is 20.4 Å². The van der Waals surface area contributed by atoms with E-state index in [1.165, 1.54) is 7.11 Å². The molecule has 0 aliphatic heterocycles. The van der Waals surface area contributed by atoms with Crippen LogP contribution in [0.3, 0.4) is 0 Å². The van der Waals surface area contributed by atoms with E-state index in [0.717, 1.165) is 18.7 Å². The van der Waals surface area contributed by atoms with Crippen molar-refractivity contribution in [2.24, 2.45) is 0 Å². The largest absolute Gasteiger partial charge is 0.480 e. The molecule has 0 bridgehead atoms. The lowest BCUT2D eigenvalue weighted by atomic mass is 10.4. The number of nitrogens with zero attached hydrogens (tertiary/aromatic N) is 3. The van der Waals surface area contributed by atoms with Gasteiger partial charge in [0.1, 0.15) is 5.69 Å². The van der Waals surface area contributed by atoms with E-state index in [1.807, 2.05) is 0 Å². The highest BCUT2D eigenvalue weighted by molar-refractivity contribution is 5.90.